The zero-order valence-electron chi connectivity index (χ0n) is 16.9. The minimum atomic E-state index is 0. The summed E-state index contributed by atoms with van der Waals surface area (Å²) in [6, 6.07) is 8.67. The van der Waals surface area contributed by atoms with E-state index in [0.29, 0.717) is 5.96 Å². The number of guanidine groups is 1. The molecule has 2 aliphatic heterocycles. The lowest BCUT2D eigenvalue weighted by Gasteiger charge is -2.38. The molecule has 158 valence electrons. The Balaban J connectivity index is 0.00000240. The standard InChI is InChI=1S/C21H29N5OS.HI/c1-17-4-2-3-5-18(17)21(6-13-27-14-7-21)16-24-19(22)25-9-11-26(12-10-25)20-23-8-15-28-20;/h2-5,8,15H,6-7,9-14,16H2,1H3,(H2,22,24);1H. The quantitative estimate of drug-likeness (QED) is 0.376. The van der Waals surface area contributed by atoms with Crippen LogP contribution in [0.1, 0.15) is 24.0 Å². The fourth-order valence-corrected chi connectivity index (χ4v) is 4.97. The highest BCUT2D eigenvalue weighted by atomic mass is 127. The molecule has 2 aliphatic rings. The number of hydrogen-bond donors (Lipinski definition) is 1. The van der Waals surface area contributed by atoms with Crippen LogP contribution in [0.2, 0.25) is 0 Å². The van der Waals surface area contributed by atoms with Crippen LogP contribution >= 0.6 is 35.3 Å². The third-order valence-corrected chi connectivity index (χ3v) is 6.84. The van der Waals surface area contributed by atoms with Gasteiger partial charge in [0.2, 0.25) is 0 Å². The first-order valence-electron chi connectivity index (χ1n) is 10.0. The van der Waals surface area contributed by atoms with Crippen LogP contribution in [-0.2, 0) is 10.2 Å². The average molecular weight is 527 g/mol. The molecule has 2 N–H and O–H groups in total. The topological polar surface area (TPSA) is 67.0 Å². The fourth-order valence-electron chi connectivity index (χ4n) is 4.27. The Bertz CT molecular complexity index is 799. The number of piperazine rings is 1. The minimum Gasteiger partial charge on any atom is -0.381 e. The lowest BCUT2D eigenvalue weighted by atomic mass is 9.72. The second-order valence-electron chi connectivity index (χ2n) is 7.67. The number of aliphatic imine (C=N–C) groups is 1. The summed E-state index contributed by atoms with van der Waals surface area (Å²) in [7, 11) is 0. The number of rotatable bonds is 4. The molecule has 1 aromatic heterocycles. The summed E-state index contributed by atoms with van der Waals surface area (Å²) in [6.45, 7) is 8.12. The minimum absolute atomic E-state index is 0. The average Bonchev–Trinajstić information content (AvgIpc) is 3.28. The van der Waals surface area contributed by atoms with E-state index in [1.54, 1.807) is 11.3 Å². The highest BCUT2D eigenvalue weighted by Gasteiger charge is 2.35. The molecule has 4 rings (SSSR count). The second-order valence-corrected chi connectivity index (χ2v) is 8.54. The molecule has 2 fully saturated rings. The van der Waals surface area contributed by atoms with E-state index in [1.165, 1.54) is 11.1 Å². The monoisotopic (exact) mass is 527 g/mol. The smallest absolute Gasteiger partial charge is 0.191 e. The van der Waals surface area contributed by atoms with Gasteiger partial charge < -0.3 is 20.3 Å². The van der Waals surface area contributed by atoms with E-state index >= 15 is 0 Å². The van der Waals surface area contributed by atoms with Gasteiger partial charge in [-0.3, -0.25) is 4.99 Å². The summed E-state index contributed by atoms with van der Waals surface area (Å²) in [6.07, 6.45) is 3.85. The lowest BCUT2D eigenvalue weighted by molar-refractivity contribution is 0.0528. The van der Waals surface area contributed by atoms with Crippen LogP contribution in [0.25, 0.3) is 0 Å². The van der Waals surface area contributed by atoms with E-state index in [1.807, 2.05) is 11.6 Å². The Hall–Kier alpha value is -1.39. The predicted molar refractivity (Wildman–Crippen MR) is 131 cm³/mol. The number of hydrogen-bond acceptors (Lipinski definition) is 5. The van der Waals surface area contributed by atoms with Gasteiger partial charge >= 0.3 is 0 Å². The zero-order valence-corrected chi connectivity index (χ0v) is 20.1. The Morgan fingerprint density at radius 2 is 1.93 bits per heavy atom. The molecule has 0 bridgehead atoms. The maximum absolute atomic E-state index is 6.42. The molecular formula is C21H30IN5OS. The van der Waals surface area contributed by atoms with Crippen molar-refractivity contribution in [2.45, 2.75) is 25.2 Å². The number of nitrogens with two attached hydrogens (primary N) is 1. The molecule has 3 heterocycles. The van der Waals surface area contributed by atoms with Gasteiger partial charge in [-0.15, -0.1) is 35.3 Å². The van der Waals surface area contributed by atoms with Gasteiger partial charge in [-0.1, -0.05) is 24.3 Å². The highest BCUT2D eigenvalue weighted by molar-refractivity contribution is 14.0. The van der Waals surface area contributed by atoms with Gasteiger partial charge in [0, 0.05) is 56.4 Å². The molecule has 2 saturated heterocycles. The van der Waals surface area contributed by atoms with Crippen LogP contribution in [0.15, 0.2) is 40.8 Å². The van der Waals surface area contributed by atoms with Gasteiger partial charge in [-0.25, -0.2) is 4.98 Å². The molecule has 0 aliphatic carbocycles. The summed E-state index contributed by atoms with van der Waals surface area (Å²) in [5.41, 5.74) is 9.16. The Morgan fingerprint density at radius 3 is 2.59 bits per heavy atom. The van der Waals surface area contributed by atoms with Gasteiger partial charge in [0.1, 0.15) is 0 Å². The van der Waals surface area contributed by atoms with Gasteiger partial charge in [-0.2, -0.15) is 0 Å². The fraction of sp³-hybridized carbons (Fsp3) is 0.524. The van der Waals surface area contributed by atoms with Crippen molar-refractivity contribution in [3.63, 3.8) is 0 Å². The summed E-state index contributed by atoms with van der Waals surface area (Å²) < 4.78 is 5.66. The first-order valence-corrected chi connectivity index (χ1v) is 10.9. The molecular weight excluding hydrogens is 497 g/mol. The number of halogens is 1. The van der Waals surface area contributed by atoms with Gasteiger partial charge in [0.25, 0.3) is 0 Å². The van der Waals surface area contributed by atoms with Crippen molar-refractivity contribution in [2.75, 3.05) is 50.8 Å². The second kappa shape index (κ2) is 10.1. The van der Waals surface area contributed by atoms with Crippen LogP contribution in [0.5, 0.6) is 0 Å². The molecule has 0 atom stereocenters. The van der Waals surface area contributed by atoms with Crippen LogP contribution in [-0.4, -0.2) is 61.8 Å². The summed E-state index contributed by atoms with van der Waals surface area (Å²) in [5.74, 6) is 0.665. The molecule has 0 radical (unpaired) electrons. The third-order valence-electron chi connectivity index (χ3n) is 6.00. The third kappa shape index (κ3) is 5.03. The number of thiazole rings is 1. The maximum atomic E-state index is 6.42. The normalized spacial score (nSPS) is 19.7. The van der Waals surface area contributed by atoms with E-state index in [0.717, 1.165) is 63.9 Å². The maximum Gasteiger partial charge on any atom is 0.191 e. The highest BCUT2D eigenvalue weighted by Crippen LogP contribution is 2.37. The number of aromatic nitrogens is 1. The van der Waals surface area contributed by atoms with E-state index in [4.69, 9.17) is 15.5 Å². The number of benzene rings is 1. The van der Waals surface area contributed by atoms with Crippen LogP contribution < -0.4 is 10.6 Å². The van der Waals surface area contributed by atoms with Crippen molar-refractivity contribution >= 4 is 46.4 Å². The van der Waals surface area contributed by atoms with E-state index in [-0.39, 0.29) is 29.4 Å². The van der Waals surface area contributed by atoms with Crippen LogP contribution in [0, 0.1) is 6.92 Å². The molecule has 6 nitrogen and oxygen atoms in total. The van der Waals surface area contributed by atoms with E-state index in [2.05, 4.69) is 46.0 Å². The molecule has 1 aromatic carbocycles. The number of aryl methyl sites for hydroxylation is 1. The van der Waals surface area contributed by atoms with Crippen molar-refractivity contribution in [2.24, 2.45) is 10.7 Å². The molecule has 0 spiro atoms. The van der Waals surface area contributed by atoms with Crippen molar-refractivity contribution in [1.29, 1.82) is 0 Å². The number of nitrogens with zero attached hydrogens (tertiary/aromatic N) is 4. The molecule has 0 saturated carbocycles. The van der Waals surface area contributed by atoms with Crippen molar-refractivity contribution in [3.05, 3.63) is 47.0 Å². The first kappa shape index (κ1) is 22.3. The Morgan fingerprint density at radius 1 is 1.21 bits per heavy atom. The van der Waals surface area contributed by atoms with Gasteiger partial charge in [0.05, 0.1) is 6.54 Å². The molecule has 2 aromatic rings. The Kier molecular flexibility index (Phi) is 7.75. The van der Waals surface area contributed by atoms with Crippen molar-refractivity contribution in [3.8, 4) is 0 Å². The van der Waals surface area contributed by atoms with Crippen molar-refractivity contribution in [1.82, 2.24) is 9.88 Å². The zero-order chi connectivity index (χ0) is 19.4. The Labute approximate surface area is 194 Å². The van der Waals surface area contributed by atoms with Crippen LogP contribution in [0.4, 0.5) is 5.13 Å². The molecule has 8 heteroatoms. The van der Waals surface area contributed by atoms with Gasteiger partial charge in [-0.05, 0) is 30.9 Å². The predicted octanol–water partition coefficient (Wildman–Crippen LogP) is 3.25. The van der Waals surface area contributed by atoms with Gasteiger partial charge in [0.15, 0.2) is 11.1 Å². The molecule has 29 heavy (non-hydrogen) atoms. The number of anilines is 1. The van der Waals surface area contributed by atoms with Crippen LogP contribution in [0.3, 0.4) is 0 Å². The summed E-state index contributed by atoms with van der Waals surface area (Å²) in [5, 5.41) is 3.12. The summed E-state index contributed by atoms with van der Waals surface area (Å²) >= 11 is 1.69. The molecule has 0 amide bonds. The number of ether oxygens (including phenoxy) is 1. The first-order chi connectivity index (χ1) is 13.7. The summed E-state index contributed by atoms with van der Waals surface area (Å²) in [4.78, 5) is 13.8. The SMILES string of the molecule is Cc1ccccc1C1(CN=C(N)N2CCN(c3nccs3)CC2)CCOCC1.I. The van der Waals surface area contributed by atoms with Crippen molar-refractivity contribution < 1.29 is 4.74 Å². The molecule has 0 unspecified atom stereocenters. The largest absolute Gasteiger partial charge is 0.381 e. The lowest BCUT2D eigenvalue weighted by Crippen LogP contribution is -2.51. The van der Waals surface area contributed by atoms with E-state index in [9.17, 15) is 0 Å². The van der Waals surface area contributed by atoms with E-state index < -0.39 is 0 Å².